The van der Waals surface area contributed by atoms with Gasteiger partial charge in [0, 0.05) is 28.8 Å². The van der Waals surface area contributed by atoms with Gasteiger partial charge in [-0.1, -0.05) is 55.3 Å². The number of hydrogen-bond acceptors (Lipinski definition) is 2. The van der Waals surface area contributed by atoms with Gasteiger partial charge in [0.15, 0.2) is 0 Å². The summed E-state index contributed by atoms with van der Waals surface area (Å²) in [5.41, 5.74) is 3.03. The Hall–Kier alpha value is -2.04. The second kappa shape index (κ2) is 7.68. The molecule has 0 aliphatic carbocycles. The topological polar surface area (TPSA) is 62.0 Å². The highest BCUT2D eigenvalue weighted by Gasteiger charge is 2.21. The van der Waals surface area contributed by atoms with Crippen LogP contribution in [0, 0.1) is 0 Å². The van der Waals surface area contributed by atoms with Gasteiger partial charge in [-0.15, -0.1) is 0 Å². The molecule has 1 saturated heterocycles. The number of pyridine rings is 1. The maximum atomic E-state index is 12.0. The average molecular weight is 391 g/mol. The van der Waals surface area contributed by atoms with Gasteiger partial charge in [0.05, 0.1) is 0 Å². The third-order valence-electron chi connectivity index (χ3n) is 4.48. The predicted molar refractivity (Wildman–Crippen MR) is 106 cm³/mol. The molecule has 3 rings (SSSR count). The molecule has 1 fully saturated rings. The highest BCUT2D eigenvalue weighted by Crippen LogP contribution is 2.31. The zero-order chi connectivity index (χ0) is 18.8. The number of amides is 1. The van der Waals surface area contributed by atoms with Crippen LogP contribution in [0.25, 0.3) is 5.57 Å². The first-order valence-corrected chi connectivity index (χ1v) is 9.31. The van der Waals surface area contributed by atoms with E-state index in [0.29, 0.717) is 23.1 Å². The molecule has 136 valence electrons. The van der Waals surface area contributed by atoms with Crippen LogP contribution in [0.15, 0.2) is 41.2 Å². The molecule has 0 unspecified atom stereocenters. The Balaban J connectivity index is 2.10. The van der Waals surface area contributed by atoms with Crippen LogP contribution in [0.4, 0.5) is 0 Å². The van der Waals surface area contributed by atoms with E-state index >= 15 is 0 Å². The lowest BCUT2D eigenvalue weighted by molar-refractivity contribution is -0.119. The largest absolute Gasteiger partial charge is 0.350 e. The minimum Gasteiger partial charge on any atom is -0.350 e. The molecule has 4 nitrogen and oxygen atoms in total. The van der Waals surface area contributed by atoms with E-state index in [1.807, 2.05) is 24.3 Å². The van der Waals surface area contributed by atoms with Gasteiger partial charge >= 0.3 is 0 Å². The molecule has 0 spiro atoms. The minimum absolute atomic E-state index is 0.0309. The van der Waals surface area contributed by atoms with Crippen LogP contribution >= 0.6 is 23.2 Å². The number of aromatic nitrogens is 1. The van der Waals surface area contributed by atoms with Gasteiger partial charge in [0.25, 0.3) is 5.56 Å². The molecule has 2 N–H and O–H groups in total. The van der Waals surface area contributed by atoms with Crippen molar-refractivity contribution < 1.29 is 4.79 Å². The Kier molecular flexibility index (Phi) is 5.54. The van der Waals surface area contributed by atoms with Gasteiger partial charge in [-0.25, -0.2) is 0 Å². The average Bonchev–Trinajstić information content (AvgIpc) is 3.00. The summed E-state index contributed by atoms with van der Waals surface area (Å²) < 4.78 is 0. The third-order valence-corrected chi connectivity index (χ3v) is 5.11. The predicted octanol–water partition coefficient (Wildman–Crippen LogP) is 4.52. The number of nitrogens with one attached hydrogen (secondary N) is 2. The van der Waals surface area contributed by atoms with Crippen molar-refractivity contribution in [1.82, 2.24) is 10.3 Å². The summed E-state index contributed by atoms with van der Waals surface area (Å²) in [5, 5.41) is 3.74. The van der Waals surface area contributed by atoms with Crippen LogP contribution in [0.3, 0.4) is 0 Å². The second-order valence-corrected chi connectivity index (χ2v) is 7.55. The molecule has 1 aromatic carbocycles. The van der Waals surface area contributed by atoms with Crippen LogP contribution in [-0.2, 0) is 4.79 Å². The van der Waals surface area contributed by atoms with Crippen molar-refractivity contribution in [2.75, 3.05) is 0 Å². The standard InChI is InChI=1S/C20H20Cl2N2O2/c1-11(2)14-5-3-12(9-17(14)22)15(10-13-4-8-19(25)23-13)18-7-6-16(21)20(26)24-18/h3,5-7,9-11,13H,4,8H2,1-2H3,(H,23,25)(H,24,26)/t13-/m1/s1. The van der Waals surface area contributed by atoms with Gasteiger partial charge in [0.2, 0.25) is 5.91 Å². The molecule has 1 amide bonds. The number of rotatable bonds is 4. The molecule has 1 aliphatic heterocycles. The quantitative estimate of drug-likeness (QED) is 0.805. The third kappa shape index (κ3) is 4.02. The normalized spacial score (nSPS) is 17.7. The molecular formula is C20H20Cl2N2O2. The van der Waals surface area contributed by atoms with E-state index in [0.717, 1.165) is 23.1 Å². The molecule has 6 heteroatoms. The second-order valence-electron chi connectivity index (χ2n) is 6.73. The molecule has 2 heterocycles. The maximum Gasteiger partial charge on any atom is 0.267 e. The molecule has 1 aliphatic rings. The number of halogens is 2. The summed E-state index contributed by atoms with van der Waals surface area (Å²) >= 11 is 12.3. The fourth-order valence-corrected chi connectivity index (χ4v) is 3.59. The van der Waals surface area contributed by atoms with Crippen molar-refractivity contribution in [3.63, 3.8) is 0 Å². The highest BCUT2D eigenvalue weighted by molar-refractivity contribution is 6.31. The van der Waals surface area contributed by atoms with E-state index < -0.39 is 0 Å². The SMILES string of the molecule is CC(C)c1ccc(C(=C[C@H]2CCC(=O)N2)c2ccc(Cl)c(=O)[nH]2)cc1Cl. The van der Waals surface area contributed by atoms with Crippen molar-refractivity contribution >= 4 is 34.7 Å². The van der Waals surface area contributed by atoms with Gasteiger partial charge in [-0.3, -0.25) is 9.59 Å². The van der Waals surface area contributed by atoms with E-state index in [-0.39, 0.29) is 22.5 Å². The molecule has 1 aromatic heterocycles. The van der Waals surface area contributed by atoms with E-state index in [9.17, 15) is 9.59 Å². The summed E-state index contributed by atoms with van der Waals surface area (Å²) in [6.07, 6.45) is 3.18. The summed E-state index contributed by atoms with van der Waals surface area (Å²) in [6.45, 7) is 4.17. The smallest absolute Gasteiger partial charge is 0.267 e. The first-order valence-electron chi connectivity index (χ1n) is 8.55. The van der Waals surface area contributed by atoms with Gasteiger partial charge in [-0.2, -0.15) is 0 Å². The molecule has 0 bridgehead atoms. The molecule has 1 atom stereocenters. The maximum absolute atomic E-state index is 12.0. The van der Waals surface area contributed by atoms with Crippen LogP contribution in [0.5, 0.6) is 0 Å². The fourth-order valence-electron chi connectivity index (χ4n) is 3.08. The van der Waals surface area contributed by atoms with Crippen LogP contribution < -0.4 is 10.9 Å². The Morgan fingerprint density at radius 3 is 2.50 bits per heavy atom. The minimum atomic E-state index is -0.351. The van der Waals surface area contributed by atoms with E-state index in [1.54, 1.807) is 12.1 Å². The van der Waals surface area contributed by atoms with Crippen molar-refractivity contribution in [3.05, 3.63) is 73.6 Å². The zero-order valence-corrected chi connectivity index (χ0v) is 16.1. The first-order chi connectivity index (χ1) is 12.3. The number of hydrogen-bond donors (Lipinski definition) is 2. The van der Waals surface area contributed by atoms with Gasteiger partial charge in [-0.05, 0) is 41.7 Å². The Morgan fingerprint density at radius 2 is 1.92 bits per heavy atom. The van der Waals surface area contributed by atoms with Crippen LogP contribution in [-0.4, -0.2) is 16.9 Å². The van der Waals surface area contributed by atoms with Crippen molar-refractivity contribution in [2.45, 2.75) is 38.6 Å². The lowest BCUT2D eigenvalue weighted by Gasteiger charge is -2.15. The lowest BCUT2D eigenvalue weighted by Crippen LogP contribution is -2.23. The van der Waals surface area contributed by atoms with Crippen LogP contribution in [0.1, 0.15) is 49.4 Å². The van der Waals surface area contributed by atoms with Crippen molar-refractivity contribution in [2.24, 2.45) is 0 Å². The number of H-pyrrole nitrogens is 1. The summed E-state index contributed by atoms with van der Waals surface area (Å²) in [4.78, 5) is 26.3. The van der Waals surface area contributed by atoms with Gasteiger partial charge < -0.3 is 10.3 Å². The molecule has 0 saturated carbocycles. The molecular weight excluding hydrogens is 371 g/mol. The lowest BCUT2D eigenvalue weighted by atomic mass is 9.95. The highest BCUT2D eigenvalue weighted by atomic mass is 35.5. The van der Waals surface area contributed by atoms with E-state index in [2.05, 4.69) is 24.1 Å². The molecule has 0 radical (unpaired) electrons. The summed E-state index contributed by atoms with van der Waals surface area (Å²) in [6, 6.07) is 9.12. The summed E-state index contributed by atoms with van der Waals surface area (Å²) in [5.74, 6) is 0.344. The number of aromatic amines is 1. The van der Waals surface area contributed by atoms with Crippen molar-refractivity contribution in [1.29, 1.82) is 0 Å². The van der Waals surface area contributed by atoms with Crippen molar-refractivity contribution in [3.8, 4) is 0 Å². The fraction of sp³-hybridized carbons (Fsp3) is 0.300. The monoisotopic (exact) mass is 390 g/mol. The van der Waals surface area contributed by atoms with Gasteiger partial charge in [0.1, 0.15) is 5.02 Å². The Bertz CT molecular complexity index is 932. The number of benzene rings is 1. The molecule has 2 aromatic rings. The van der Waals surface area contributed by atoms with E-state index in [4.69, 9.17) is 23.2 Å². The van der Waals surface area contributed by atoms with Crippen LogP contribution in [0.2, 0.25) is 10.0 Å². The summed E-state index contributed by atoms with van der Waals surface area (Å²) in [7, 11) is 0. The number of carbonyl (C=O) groups is 1. The Labute approximate surface area is 162 Å². The Morgan fingerprint density at radius 1 is 1.15 bits per heavy atom. The number of carbonyl (C=O) groups excluding carboxylic acids is 1. The van der Waals surface area contributed by atoms with E-state index in [1.165, 1.54) is 0 Å². The zero-order valence-electron chi connectivity index (χ0n) is 14.6. The molecule has 26 heavy (non-hydrogen) atoms. The first kappa shape index (κ1) is 18.7.